The lowest BCUT2D eigenvalue weighted by atomic mass is 10.0. The maximum atomic E-state index is 10.7. The van der Waals surface area contributed by atoms with Crippen LogP contribution in [0.5, 0.6) is 5.75 Å². The highest BCUT2D eigenvalue weighted by Crippen LogP contribution is 2.44. The van der Waals surface area contributed by atoms with Gasteiger partial charge >= 0.3 is 0 Å². The van der Waals surface area contributed by atoms with Gasteiger partial charge in [0.25, 0.3) is 0 Å². The summed E-state index contributed by atoms with van der Waals surface area (Å²) in [7, 11) is 0. The highest BCUT2D eigenvalue weighted by atomic mass is 32.2. The Morgan fingerprint density at radius 2 is 2.16 bits per heavy atom. The minimum atomic E-state index is -0.416. The molecule has 3 rings (SSSR count). The van der Waals surface area contributed by atoms with E-state index in [2.05, 4.69) is 19.9 Å². The van der Waals surface area contributed by atoms with Crippen molar-refractivity contribution in [3.8, 4) is 5.75 Å². The maximum Gasteiger partial charge on any atom is 0.128 e. The largest absolute Gasteiger partial charge is 0.493 e. The molecule has 1 aromatic carbocycles. The van der Waals surface area contributed by atoms with E-state index in [1.807, 2.05) is 35.7 Å². The summed E-state index contributed by atoms with van der Waals surface area (Å²) >= 11 is 3.89. The average Bonchev–Trinajstić information content (AvgIpc) is 2.89. The van der Waals surface area contributed by atoms with Crippen LogP contribution < -0.4 is 4.74 Å². The van der Waals surface area contributed by atoms with Crippen molar-refractivity contribution in [3.63, 3.8) is 0 Å². The Labute approximate surface area is 123 Å². The third kappa shape index (κ3) is 2.63. The minimum absolute atomic E-state index is 0.270. The molecular formula is C15H20O2S2. The van der Waals surface area contributed by atoms with Crippen LogP contribution in [0.1, 0.15) is 31.1 Å². The van der Waals surface area contributed by atoms with Gasteiger partial charge in [-0.05, 0) is 5.56 Å². The van der Waals surface area contributed by atoms with Crippen LogP contribution in [0.25, 0.3) is 0 Å². The molecule has 4 heteroatoms. The molecule has 1 saturated heterocycles. The molecule has 0 aromatic heterocycles. The van der Waals surface area contributed by atoms with E-state index in [1.165, 1.54) is 5.56 Å². The lowest BCUT2D eigenvalue weighted by Gasteiger charge is -2.34. The van der Waals surface area contributed by atoms with Gasteiger partial charge < -0.3 is 9.84 Å². The third-order valence-electron chi connectivity index (χ3n) is 3.99. The normalized spacial score (nSPS) is 31.6. The predicted molar refractivity (Wildman–Crippen MR) is 83.4 cm³/mol. The Balaban J connectivity index is 1.81. The van der Waals surface area contributed by atoms with Gasteiger partial charge in [0, 0.05) is 33.5 Å². The summed E-state index contributed by atoms with van der Waals surface area (Å²) in [4.78, 5) is 0. The van der Waals surface area contributed by atoms with Crippen LogP contribution in [0.2, 0.25) is 0 Å². The number of para-hydroxylation sites is 1. The van der Waals surface area contributed by atoms with Crippen molar-refractivity contribution in [2.45, 2.75) is 42.1 Å². The van der Waals surface area contributed by atoms with Gasteiger partial charge in [-0.2, -0.15) is 23.5 Å². The standard InChI is InChI=1S/C15H20O2S2/c1-9-10(2)19-13(8-18-9)14(16)12-5-3-4-11-6-7-17-15(11)12/h3-5,9-10,13-14,16H,6-8H2,1-2H3. The van der Waals surface area contributed by atoms with E-state index in [-0.39, 0.29) is 5.25 Å². The van der Waals surface area contributed by atoms with Gasteiger partial charge in [0.1, 0.15) is 5.75 Å². The fourth-order valence-corrected chi connectivity index (χ4v) is 5.64. The summed E-state index contributed by atoms with van der Waals surface area (Å²) < 4.78 is 5.71. The van der Waals surface area contributed by atoms with Crippen LogP contribution in [0.15, 0.2) is 18.2 Å². The second-order valence-corrected chi connectivity index (χ2v) is 8.33. The molecule has 4 atom stereocenters. The molecule has 2 aliphatic rings. The molecule has 0 saturated carbocycles. The molecule has 0 aliphatic carbocycles. The summed E-state index contributed by atoms with van der Waals surface area (Å²) in [6.45, 7) is 5.28. The van der Waals surface area contributed by atoms with E-state index >= 15 is 0 Å². The molecule has 2 heterocycles. The van der Waals surface area contributed by atoms with E-state index in [9.17, 15) is 5.11 Å². The van der Waals surface area contributed by atoms with Crippen molar-refractivity contribution < 1.29 is 9.84 Å². The smallest absolute Gasteiger partial charge is 0.128 e. The van der Waals surface area contributed by atoms with E-state index in [0.717, 1.165) is 30.1 Å². The monoisotopic (exact) mass is 296 g/mol. The Morgan fingerprint density at radius 3 is 2.95 bits per heavy atom. The van der Waals surface area contributed by atoms with Crippen LogP contribution >= 0.6 is 23.5 Å². The number of rotatable bonds is 2. The van der Waals surface area contributed by atoms with E-state index in [0.29, 0.717) is 10.5 Å². The van der Waals surface area contributed by atoms with Crippen LogP contribution in [-0.4, -0.2) is 33.2 Å². The number of fused-ring (bicyclic) bond motifs is 1. The van der Waals surface area contributed by atoms with Crippen molar-refractivity contribution in [1.29, 1.82) is 0 Å². The highest BCUT2D eigenvalue weighted by molar-refractivity contribution is 8.07. The molecule has 2 aliphatic heterocycles. The molecular weight excluding hydrogens is 276 g/mol. The fraction of sp³-hybridized carbons (Fsp3) is 0.600. The van der Waals surface area contributed by atoms with Crippen LogP contribution in [0, 0.1) is 0 Å². The van der Waals surface area contributed by atoms with Gasteiger partial charge in [0.05, 0.1) is 12.7 Å². The Hall–Kier alpha value is -0.320. The Kier molecular flexibility index (Phi) is 4.01. The first-order valence-corrected chi connectivity index (χ1v) is 8.85. The fourth-order valence-electron chi connectivity index (χ4n) is 2.65. The zero-order valence-corrected chi connectivity index (χ0v) is 13.0. The van der Waals surface area contributed by atoms with Crippen LogP contribution in [-0.2, 0) is 6.42 Å². The van der Waals surface area contributed by atoms with E-state index in [1.54, 1.807) is 0 Å². The average molecular weight is 296 g/mol. The van der Waals surface area contributed by atoms with Gasteiger partial charge in [0.2, 0.25) is 0 Å². The van der Waals surface area contributed by atoms with Crippen LogP contribution in [0.4, 0.5) is 0 Å². The molecule has 4 unspecified atom stereocenters. The summed E-state index contributed by atoms with van der Waals surface area (Å²) in [5, 5.41) is 12.2. The predicted octanol–water partition coefficient (Wildman–Crippen LogP) is 3.28. The molecule has 1 aromatic rings. The van der Waals surface area contributed by atoms with Gasteiger partial charge in [0.15, 0.2) is 0 Å². The first kappa shape index (κ1) is 13.7. The van der Waals surface area contributed by atoms with Gasteiger partial charge in [-0.15, -0.1) is 0 Å². The Morgan fingerprint density at radius 1 is 1.32 bits per heavy atom. The first-order chi connectivity index (χ1) is 9.16. The highest BCUT2D eigenvalue weighted by Gasteiger charge is 2.33. The number of ether oxygens (including phenoxy) is 1. The van der Waals surface area contributed by atoms with Crippen molar-refractivity contribution >= 4 is 23.5 Å². The van der Waals surface area contributed by atoms with Gasteiger partial charge in [-0.1, -0.05) is 32.0 Å². The molecule has 0 spiro atoms. The Bertz CT molecular complexity index is 463. The summed E-state index contributed by atoms with van der Waals surface area (Å²) in [6.07, 6.45) is 0.552. The zero-order valence-electron chi connectivity index (χ0n) is 11.3. The summed E-state index contributed by atoms with van der Waals surface area (Å²) in [6, 6.07) is 6.16. The second kappa shape index (κ2) is 5.58. The van der Waals surface area contributed by atoms with Crippen molar-refractivity contribution in [3.05, 3.63) is 29.3 Å². The maximum absolute atomic E-state index is 10.7. The summed E-state index contributed by atoms with van der Waals surface area (Å²) in [5.74, 6) is 1.95. The van der Waals surface area contributed by atoms with E-state index in [4.69, 9.17) is 4.74 Å². The topological polar surface area (TPSA) is 29.5 Å². The number of thioether (sulfide) groups is 2. The SMILES string of the molecule is CC1SCC(C(O)c2cccc3c2OCC3)SC1C. The molecule has 0 bridgehead atoms. The van der Waals surface area contributed by atoms with Crippen molar-refractivity contribution in [2.75, 3.05) is 12.4 Å². The van der Waals surface area contributed by atoms with Gasteiger partial charge in [-0.25, -0.2) is 0 Å². The molecule has 1 N–H and O–H groups in total. The second-order valence-electron chi connectivity index (χ2n) is 5.30. The number of hydrogen-bond acceptors (Lipinski definition) is 4. The van der Waals surface area contributed by atoms with Crippen molar-refractivity contribution in [2.24, 2.45) is 0 Å². The molecule has 104 valence electrons. The van der Waals surface area contributed by atoms with E-state index < -0.39 is 6.10 Å². The quantitative estimate of drug-likeness (QED) is 0.907. The zero-order chi connectivity index (χ0) is 13.4. The van der Waals surface area contributed by atoms with Crippen LogP contribution in [0.3, 0.4) is 0 Å². The number of aliphatic hydroxyl groups is 1. The third-order valence-corrected chi connectivity index (χ3v) is 7.47. The summed E-state index contributed by atoms with van der Waals surface area (Å²) in [5.41, 5.74) is 2.22. The molecule has 0 radical (unpaired) electrons. The minimum Gasteiger partial charge on any atom is -0.493 e. The number of hydrogen-bond donors (Lipinski definition) is 1. The van der Waals surface area contributed by atoms with Gasteiger partial charge in [-0.3, -0.25) is 0 Å². The number of aliphatic hydroxyl groups excluding tert-OH is 1. The molecule has 2 nitrogen and oxygen atoms in total. The lowest BCUT2D eigenvalue weighted by molar-refractivity contribution is 0.175. The lowest BCUT2D eigenvalue weighted by Crippen LogP contribution is -2.30. The first-order valence-electron chi connectivity index (χ1n) is 6.86. The molecule has 19 heavy (non-hydrogen) atoms. The number of benzene rings is 1. The van der Waals surface area contributed by atoms with Crippen molar-refractivity contribution in [1.82, 2.24) is 0 Å². The molecule has 1 fully saturated rings. The molecule has 0 amide bonds.